The van der Waals surface area contributed by atoms with Crippen LogP contribution in [-0.2, 0) is 9.47 Å². The summed E-state index contributed by atoms with van der Waals surface area (Å²) in [4.78, 5) is 2.96. The molecule has 1 aliphatic carbocycles. The fourth-order valence-electron chi connectivity index (χ4n) is 4.92. The summed E-state index contributed by atoms with van der Waals surface area (Å²) in [5, 5.41) is 20.2. The van der Waals surface area contributed by atoms with E-state index in [0.717, 1.165) is 38.5 Å². The van der Waals surface area contributed by atoms with Gasteiger partial charge < -0.3 is 9.47 Å². The lowest BCUT2D eigenvalue weighted by molar-refractivity contribution is -0.690. The molecule has 2 atom stereocenters. The Morgan fingerprint density at radius 3 is 1.91 bits per heavy atom. The molecule has 0 unspecified atom stereocenters. The number of hydrogen-bond donors (Lipinski definition) is 2. The van der Waals surface area contributed by atoms with Crippen molar-refractivity contribution >= 4 is 5.84 Å². The minimum absolute atomic E-state index is 0.303. The molecule has 1 fully saturated rings. The standard InChI is InChI=1S/C17H26N4O2/c1-5-7-9-14(10-8-6-2)15(11-18)13(20)21-17(22-3,23-4)16(14,15)12-19/h5-10H2,1-4H3,(H2,20,21)/p+1/t15-,16+/m0/s1. The van der Waals surface area contributed by atoms with Gasteiger partial charge in [0.15, 0.2) is 10.8 Å². The van der Waals surface area contributed by atoms with Gasteiger partial charge in [0.1, 0.15) is 0 Å². The molecule has 2 rings (SSSR count). The number of amidine groups is 1. The summed E-state index contributed by atoms with van der Waals surface area (Å²) >= 11 is 0. The van der Waals surface area contributed by atoms with Gasteiger partial charge >= 0.3 is 5.91 Å². The molecule has 0 spiro atoms. The molecule has 3 N–H and O–H groups in total. The van der Waals surface area contributed by atoms with Crippen molar-refractivity contribution in [3.8, 4) is 12.1 Å². The molecule has 0 saturated heterocycles. The number of hydrogen-bond acceptors (Lipinski definition) is 5. The minimum Gasteiger partial charge on any atom is -0.317 e. The average molecular weight is 319 g/mol. The lowest BCUT2D eigenvalue weighted by Gasteiger charge is -2.31. The third-order valence-electron chi connectivity index (χ3n) is 5.96. The summed E-state index contributed by atoms with van der Waals surface area (Å²) < 4.78 is 11.2. The quantitative estimate of drug-likeness (QED) is 0.643. The molecule has 1 aliphatic heterocycles. The Labute approximate surface area is 138 Å². The second-order valence-electron chi connectivity index (χ2n) is 6.58. The molecule has 6 nitrogen and oxygen atoms in total. The first kappa shape index (κ1) is 17.7. The molecular weight excluding hydrogens is 292 g/mol. The zero-order valence-corrected chi connectivity index (χ0v) is 14.5. The van der Waals surface area contributed by atoms with Gasteiger partial charge in [-0.3, -0.25) is 5.73 Å². The van der Waals surface area contributed by atoms with Crippen LogP contribution in [0.15, 0.2) is 0 Å². The van der Waals surface area contributed by atoms with E-state index < -0.39 is 22.2 Å². The van der Waals surface area contributed by atoms with Gasteiger partial charge in [-0.25, -0.2) is 4.99 Å². The SMILES string of the molecule is CCCCC1(CCCC)[C@@]2(C#N)C(OC)(OC)[NH+]=C(N)[C@@]12C#N. The molecule has 0 radical (unpaired) electrons. The van der Waals surface area contributed by atoms with Crippen LogP contribution in [0, 0.1) is 38.9 Å². The fraction of sp³-hybridized carbons (Fsp3) is 0.824. The summed E-state index contributed by atoms with van der Waals surface area (Å²) in [5.41, 5.74) is 3.52. The largest absolute Gasteiger partial charge is 0.342 e. The van der Waals surface area contributed by atoms with Crippen LogP contribution < -0.4 is 10.7 Å². The van der Waals surface area contributed by atoms with E-state index in [-0.39, 0.29) is 0 Å². The highest BCUT2D eigenvalue weighted by molar-refractivity contribution is 5.94. The first-order chi connectivity index (χ1) is 11.0. The van der Waals surface area contributed by atoms with Crippen LogP contribution >= 0.6 is 0 Å². The molecule has 0 aromatic carbocycles. The topological polar surface area (TPSA) is 106 Å². The minimum atomic E-state index is -1.37. The lowest BCUT2D eigenvalue weighted by Crippen LogP contribution is -2.91. The van der Waals surface area contributed by atoms with Gasteiger partial charge in [0.05, 0.1) is 12.1 Å². The normalized spacial score (nSPS) is 32.5. The van der Waals surface area contributed by atoms with Crippen molar-refractivity contribution in [3.63, 3.8) is 0 Å². The van der Waals surface area contributed by atoms with E-state index in [0.29, 0.717) is 5.84 Å². The maximum absolute atomic E-state index is 10.1. The number of nitrogens with zero attached hydrogens (tertiary/aromatic N) is 2. The maximum Gasteiger partial charge on any atom is 0.342 e. The number of nitrogens with two attached hydrogens (primary N) is 1. The Bertz CT molecular complexity index is 576. The van der Waals surface area contributed by atoms with Gasteiger partial charge in [-0.15, -0.1) is 0 Å². The first-order valence-electron chi connectivity index (χ1n) is 8.33. The maximum atomic E-state index is 10.1. The van der Waals surface area contributed by atoms with Crippen LogP contribution in [0.5, 0.6) is 0 Å². The van der Waals surface area contributed by atoms with E-state index in [1.807, 2.05) is 0 Å². The van der Waals surface area contributed by atoms with E-state index in [2.05, 4.69) is 31.0 Å². The van der Waals surface area contributed by atoms with Crippen LogP contribution in [0.1, 0.15) is 52.4 Å². The monoisotopic (exact) mass is 319 g/mol. The van der Waals surface area contributed by atoms with Crippen molar-refractivity contribution < 1.29 is 14.5 Å². The number of methoxy groups -OCH3 is 2. The molecule has 126 valence electrons. The van der Waals surface area contributed by atoms with E-state index in [9.17, 15) is 10.5 Å². The van der Waals surface area contributed by atoms with Gasteiger partial charge in [-0.1, -0.05) is 39.5 Å². The molecule has 6 heteroatoms. The number of nitriles is 2. The summed E-state index contributed by atoms with van der Waals surface area (Å²) in [6.45, 7) is 4.21. The second kappa shape index (κ2) is 5.78. The predicted molar refractivity (Wildman–Crippen MR) is 84.5 cm³/mol. The molecule has 0 amide bonds. The summed E-state index contributed by atoms with van der Waals surface area (Å²) in [6.07, 6.45) is 5.40. The molecular formula is C17H27N4O2+. The molecule has 2 aliphatic rings. The summed E-state index contributed by atoms with van der Waals surface area (Å²) in [7, 11) is 2.97. The third-order valence-corrected chi connectivity index (χ3v) is 5.96. The highest BCUT2D eigenvalue weighted by atomic mass is 16.7. The number of rotatable bonds is 8. The van der Waals surface area contributed by atoms with Gasteiger partial charge in [0.2, 0.25) is 0 Å². The smallest absolute Gasteiger partial charge is 0.317 e. The van der Waals surface area contributed by atoms with E-state index in [4.69, 9.17) is 15.2 Å². The highest BCUT2D eigenvalue weighted by Crippen LogP contribution is 2.85. The van der Waals surface area contributed by atoms with Crippen LogP contribution in [0.25, 0.3) is 0 Å². The van der Waals surface area contributed by atoms with E-state index in [1.54, 1.807) is 0 Å². The van der Waals surface area contributed by atoms with Crippen molar-refractivity contribution in [2.45, 2.75) is 58.3 Å². The number of fused-ring (bicyclic) bond motifs is 1. The molecule has 23 heavy (non-hydrogen) atoms. The van der Waals surface area contributed by atoms with Crippen LogP contribution in [0.2, 0.25) is 0 Å². The predicted octanol–water partition coefficient (Wildman–Crippen LogP) is 0.785. The molecule has 1 saturated carbocycles. The van der Waals surface area contributed by atoms with Gasteiger partial charge in [0, 0.05) is 19.6 Å². The van der Waals surface area contributed by atoms with Crippen LogP contribution in [-0.4, -0.2) is 26.0 Å². The number of ether oxygens (including phenoxy) is 2. The zero-order valence-electron chi connectivity index (χ0n) is 14.5. The second-order valence-corrected chi connectivity index (χ2v) is 6.58. The van der Waals surface area contributed by atoms with Crippen LogP contribution in [0.4, 0.5) is 0 Å². The highest BCUT2D eigenvalue weighted by Gasteiger charge is 3.02. The zero-order chi connectivity index (χ0) is 17.4. The van der Waals surface area contributed by atoms with Crippen molar-refractivity contribution in [2.75, 3.05) is 14.2 Å². The van der Waals surface area contributed by atoms with Crippen molar-refractivity contribution in [1.29, 1.82) is 10.5 Å². The molecule has 0 bridgehead atoms. The number of unbranched alkanes of at least 4 members (excludes halogenated alkanes) is 2. The van der Waals surface area contributed by atoms with Crippen molar-refractivity contribution in [3.05, 3.63) is 0 Å². The average Bonchev–Trinajstić information content (AvgIpc) is 3.03. The van der Waals surface area contributed by atoms with Crippen molar-refractivity contribution in [1.82, 2.24) is 0 Å². The first-order valence-corrected chi connectivity index (χ1v) is 8.33. The summed E-state index contributed by atoms with van der Waals surface area (Å²) in [6, 6.07) is 4.78. The molecule has 0 aromatic rings. The van der Waals surface area contributed by atoms with Gasteiger partial charge in [0.25, 0.3) is 5.84 Å². The Balaban J connectivity index is 2.67. The van der Waals surface area contributed by atoms with Crippen LogP contribution in [0.3, 0.4) is 0 Å². The van der Waals surface area contributed by atoms with E-state index in [1.165, 1.54) is 14.2 Å². The molecule has 0 aromatic heterocycles. The Morgan fingerprint density at radius 2 is 1.57 bits per heavy atom. The van der Waals surface area contributed by atoms with Gasteiger partial charge in [-0.2, -0.15) is 10.5 Å². The lowest BCUT2D eigenvalue weighted by atomic mass is 9.80. The number of nitrogens with one attached hydrogen (secondary N) is 1. The summed E-state index contributed by atoms with van der Waals surface area (Å²) in [5.74, 6) is -1.07. The third kappa shape index (κ3) is 1.61. The Hall–Kier alpha value is -1.63. The molecule has 1 heterocycles. The van der Waals surface area contributed by atoms with E-state index >= 15 is 0 Å². The van der Waals surface area contributed by atoms with Gasteiger partial charge in [-0.05, 0) is 12.8 Å². The fourth-order valence-corrected chi connectivity index (χ4v) is 4.92. The Morgan fingerprint density at radius 1 is 1.04 bits per heavy atom. The Kier molecular flexibility index (Phi) is 4.45. The van der Waals surface area contributed by atoms with Crippen molar-refractivity contribution in [2.24, 2.45) is 22.0 Å².